The number of ether oxygens (including phenoxy) is 1. The lowest BCUT2D eigenvalue weighted by molar-refractivity contribution is 0.319. The Hall–Kier alpha value is -1.97. The number of rotatable bonds is 6. The number of nitrogens with zero attached hydrogens (tertiary/aromatic N) is 1. The lowest BCUT2D eigenvalue weighted by Crippen LogP contribution is -2.03. The second-order valence-corrected chi connectivity index (χ2v) is 3.78. The first-order valence-electron chi connectivity index (χ1n) is 5.83. The van der Waals surface area contributed by atoms with Gasteiger partial charge in [-0.3, -0.25) is 0 Å². The molecule has 17 heavy (non-hydrogen) atoms. The monoisotopic (exact) mass is 231 g/mol. The van der Waals surface area contributed by atoms with Gasteiger partial charge in [0.05, 0.1) is 30.9 Å². The fourth-order valence-corrected chi connectivity index (χ4v) is 1.52. The number of imidazole rings is 1. The molecule has 0 fully saturated rings. The Morgan fingerprint density at radius 3 is 3.00 bits per heavy atom. The van der Waals surface area contributed by atoms with Gasteiger partial charge in [-0.05, 0) is 18.6 Å². The van der Waals surface area contributed by atoms with Gasteiger partial charge in [-0.1, -0.05) is 19.1 Å². The van der Waals surface area contributed by atoms with Gasteiger partial charge in [-0.2, -0.15) is 0 Å². The number of aromatic amines is 1. The van der Waals surface area contributed by atoms with Crippen LogP contribution in [0.3, 0.4) is 0 Å². The highest BCUT2D eigenvalue weighted by atomic mass is 16.5. The van der Waals surface area contributed by atoms with Crippen molar-refractivity contribution in [3.8, 4) is 5.75 Å². The van der Waals surface area contributed by atoms with Crippen molar-refractivity contribution in [2.24, 2.45) is 0 Å². The van der Waals surface area contributed by atoms with Crippen LogP contribution in [0.5, 0.6) is 5.75 Å². The first-order valence-corrected chi connectivity index (χ1v) is 5.83. The molecule has 4 heteroatoms. The zero-order valence-corrected chi connectivity index (χ0v) is 9.94. The van der Waals surface area contributed by atoms with Gasteiger partial charge in [0, 0.05) is 6.20 Å². The molecule has 0 saturated carbocycles. The molecule has 0 atom stereocenters. The smallest absolute Gasteiger partial charge is 0.142 e. The molecule has 1 aromatic carbocycles. The minimum atomic E-state index is 0.715. The van der Waals surface area contributed by atoms with Gasteiger partial charge < -0.3 is 15.0 Å². The van der Waals surface area contributed by atoms with Crippen LogP contribution in [0.1, 0.15) is 19.0 Å². The summed E-state index contributed by atoms with van der Waals surface area (Å²) in [6, 6.07) is 7.97. The van der Waals surface area contributed by atoms with Crippen LogP contribution >= 0.6 is 0 Å². The molecule has 2 rings (SSSR count). The Labute approximate surface area is 101 Å². The maximum atomic E-state index is 5.67. The van der Waals surface area contributed by atoms with E-state index in [0.717, 1.165) is 30.2 Å². The number of para-hydroxylation sites is 2. The fraction of sp³-hybridized carbons (Fsp3) is 0.308. The van der Waals surface area contributed by atoms with E-state index < -0.39 is 0 Å². The zero-order chi connectivity index (χ0) is 11.9. The number of anilines is 1. The van der Waals surface area contributed by atoms with E-state index in [4.69, 9.17) is 4.74 Å². The van der Waals surface area contributed by atoms with Crippen LogP contribution in [0.25, 0.3) is 0 Å². The van der Waals surface area contributed by atoms with Crippen molar-refractivity contribution in [1.82, 2.24) is 9.97 Å². The number of aromatic nitrogens is 2. The molecule has 0 bridgehead atoms. The summed E-state index contributed by atoms with van der Waals surface area (Å²) in [6.45, 7) is 3.55. The molecule has 1 aromatic heterocycles. The highest BCUT2D eigenvalue weighted by molar-refractivity contribution is 5.56. The molecule has 1 heterocycles. The third-order valence-electron chi connectivity index (χ3n) is 2.37. The minimum absolute atomic E-state index is 0.715. The summed E-state index contributed by atoms with van der Waals surface area (Å²) in [4.78, 5) is 7.04. The summed E-state index contributed by atoms with van der Waals surface area (Å²) in [5, 5.41) is 3.33. The molecule has 2 aromatic rings. The first-order chi connectivity index (χ1) is 8.40. The van der Waals surface area contributed by atoms with Crippen LogP contribution in [0.4, 0.5) is 5.69 Å². The minimum Gasteiger partial charge on any atom is -0.491 e. The molecule has 2 N–H and O–H groups in total. The van der Waals surface area contributed by atoms with E-state index in [0.29, 0.717) is 6.54 Å². The summed E-state index contributed by atoms with van der Waals surface area (Å²) in [7, 11) is 0. The molecule has 0 spiro atoms. The third kappa shape index (κ3) is 3.24. The summed E-state index contributed by atoms with van der Waals surface area (Å²) in [5.41, 5.74) is 2.06. The molecule has 0 aliphatic rings. The van der Waals surface area contributed by atoms with Gasteiger partial charge in [0.15, 0.2) is 0 Å². The zero-order valence-electron chi connectivity index (χ0n) is 9.94. The SMILES string of the molecule is CCCOc1ccccc1NCc1cnc[nH]1. The molecule has 0 amide bonds. The van der Waals surface area contributed by atoms with Crippen LogP contribution in [0.2, 0.25) is 0 Å². The van der Waals surface area contributed by atoms with Crippen LogP contribution in [-0.2, 0) is 6.54 Å². The van der Waals surface area contributed by atoms with E-state index in [1.54, 1.807) is 6.33 Å². The molecule has 0 saturated heterocycles. The molecule has 0 aliphatic carbocycles. The molecule has 0 unspecified atom stereocenters. The maximum Gasteiger partial charge on any atom is 0.142 e. The van der Waals surface area contributed by atoms with Crippen molar-refractivity contribution >= 4 is 5.69 Å². The summed E-state index contributed by atoms with van der Waals surface area (Å²) < 4.78 is 5.67. The molecule has 0 aliphatic heterocycles. The Kier molecular flexibility index (Phi) is 4.02. The molecule has 4 nitrogen and oxygen atoms in total. The Bertz CT molecular complexity index is 440. The van der Waals surface area contributed by atoms with Gasteiger partial charge in [-0.25, -0.2) is 4.98 Å². The van der Waals surface area contributed by atoms with Gasteiger partial charge in [0.2, 0.25) is 0 Å². The van der Waals surface area contributed by atoms with E-state index in [1.807, 2.05) is 30.5 Å². The number of hydrogen-bond acceptors (Lipinski definition) is 3. The Morgan fingerprint density at radius 2 is 2.24 bits per heavy atom. The van der Waals surface area contributed by atoms with Crippen molar-refractivity contribution in [3.63, 3.8) is 0 Å². The van der Waals surface area contributed by atoms with E-state index in [9.17, 15) is 0 Å². The van der Waals surface area contributed by atoms with E-state index in [2.05, 4.69) is 22.2 Å². The predicted molar refractivity (Wildman–Crippen MR) is 68.1 cm³/mol. The normalized spacial score (nSPS) is 10.2. The van der Waals surface area contributed by atoms with Crippen molar-refractivity contribution in [2.75, 3.05) is 11.9 Å². The lowest BCUT2D eigenvalue weighted by atomic mass is 10.3. The average Bonchev–Trinajstić information content (AvgIpc) is 2.88. The Balaban J connectivity index is 1.99. The average molecular weight is 231 g/mol. The van der Waals surface area contributed by atoms with Crippen molar-refractivity contribution < 1.29 is 4.74 Å². The first kappa shape index (κ1) is 11.5. The van der Waals surface area contributed by atoms with Gasteiger partial charge in [0.1, 0.15) is 5.75 Å². The standard InChI is InChI=1S/C13H17N3O/c1-2-7-17-13-6-4-3-5-12(13)15-9-11-8-14-10-16-11/h3-6,8,10,15H,2,7,9H2,1H3,(H,14,16). The third-order valence-corrected chi connectivity index (χ3v) is 2.37. The molecule has 90 valence electrons. The number of hydrogen-bond donors (Lipinski definition) is 2. The summed E-state index contributed by atoms with van der Waals surface area (Å²) >= 11 is 0. The van der Waals surface area contributed by atoms with Gasteiger partial charge in [-0.15, -0.1) is 0 Å². The fourth-order valence-electron chi connectivity index (χ4n) is 1.52. The van der Waals surface area contributed by atoms with E-state index in [-0.39, 0.29) is 0 Å². The highest BCUT2D eigenvalue weighted by Crippen LogP contribution is 2.24. The lowest BCUT2D eigenvalue weighted by Gasteiger charge is -2.11. The van der Waals surface area contributed by atoms with E-state index in [1.165, 1.54) is 0 Å². The van der Waals surface area contributed by atoms with Crippen molar-refractivity contribution in [2.45, 2.75) is 19.9 Å². The summed E-state index contributed by atoms with van der Waals surface area (Å²) in [6.07, 6.45) is 4.49. The van der Waals surface area contributed by atoms with Gasteiger partial charge in [0.25, 0.3) is 0 Å². The maximum absolute atomic E-state index is 5.67. The number of H-pyrrole nitrogens is 1. The van der Waals surface area contributed by atoms with Crippen molar-refractivity contribution in [3.05, 3.63) is 42.5 Å². The number of nitrogens with one attached hydrogen (secondary N) is 2. The topological polar surface area (TPSA) is 49.9 Å². The van der Waals surface area contributed by atoms with Crippen LogP contribution in [0, 0.1) is 0 Å². The van der Waals surface area contributed by atoms with Gasteiger partial charge >= 0.3 is 0 Å². The number of benzene rings is 1. The molecular formula is C13H17N3O. The second-order valence-electron chi connectivity index (χ2n) is 3.78. The largest absolute Gasteiger partial charge is 0.491 e. The highest BCUT2D eigenvalue weighted by Gasteiger charge is 2.02. The second kappa shape index (κ2) is 5.94. The summed E-state index contributed by atoms with van der Waals surface area (Å²) in [5.74, 6) is 0.897. The molecule has 0 radical (unpaired) electrons. The van der Waals surface area contributed by atoms with Crippen molar-refractivity contribution in [1.29, 1.82) is 0 Å². The predicted octanol–water partition coefficient (Wildman–Crippen LogP) is 2.81. The van der Waals surface area contributed by atoms with Crippen LogP contribution in [0.15, 0.2) is 36.8 Å². The van der Waals surface area contributed by atoms with Crippen LogP contribution < -0.4 is 10.1 Å². The van der Waals surface area contributed by atoms with E-state index >= 15 is 0 Å². The Morgan fingerprint density at radius 1 is 1.35 bits per heavy atom. The molecular weight excluding hydrogens is 214 g/mol. The quantitative estimate of drug-likeness (QED) is 0.803. The van der Waals surface area contributed by atoms with Crippen LogP contribution in [-0.4, -0.2) is 16.6 Å².